The van der Waals surface area contributed by atoms with E-state index < -0.39 is 0 Å². The quantitative estimate of drug-likeness (QED) is 0.737. The molecule has 0 radical (unpaired) electrons. The molecule has 1 aliphatic heterocycles. The molecule has 1 aliphatic rings. The van der Waals surface area contributed by atoms with Crippen molar-refractivity contribution in [1.82, 2.24) is 10.2 Å². The van der Waals surface area contributed by atoms with Crippen LogP contribution in [-0.2, 0) is 9.59 Å². The van der Waals surface area contributed by atoms with Crippen LogP contribution in [0.2, 0.25) is 0 Å². The molecule has 5 nitrogen and oxygen atoms in total. The van der Waals surface area contributed by atoms with E-state index in [1.807, 2.05) is 25.1 Å². The second kappa shape index (κ2) is 8.99. The number of carbonyl (C=O) groups is 2. The number of rotatable bonds is 8. The van der Waals surface area contributed by atoms with E-state index in [-0.39, 0.29) is 17.7 Å². The summed E-state index contributed by atoms with van der Waals surface area (Å²) >= 11 is 0. The molecule has 0 unspecified atom stereocenters. The minimum absolute atomic E-state index is 0.000712. The molecule has 1 fully saturated rings. The highest BCUT2D eigenvalue weighted by molar-refractivity contribution is 6.00. The normalized spacial score (nSPS) is 17.4. The van der Waals surface area contributed by atoms with Crippen LogP contribution in [0.5, 0.6) is 0 Å². The van der Waals surface area contributed by atoms with E-state index in [2.05, 4.69) is 31.0 Å². The predicted octanol–water partition coefficient (Wildman–Crippen LogP) is 2.50. The van der Waals surface area contributed by atoms with Crippen LogP contribution in [0, 0.1) is 19.8 Å². The van der Waals surface area contributed by atoms with Crippen molar-refractivity contribution in [3.8, 4) is 0 Å². The summed E-state index contributed by atoms with van der Waals surface area (Å²) < 4.78 is 0. The van der Waals surface area contributed by atoms with Crippen molar-refractivity contribution in [3.63, 3.8) is 0 Å². The fraction of sp³-hybridized carbons (Fsp3) is 0.600. The second-order valence-corrected chi connectivity index (χ2v) is 6.85. The number of aryl methyl sites for hydroxylation is 2. The number of hydrogen-bond acceptors (Lipinski definition) is 3. The lowest BCUT2D eigenvalue weighted by Gasteiger charge is -2.19. The summed E-state index contributed by atoms with van der Waals surface area (Å²) in [5.41, 5.74) is 3.26. The van der Waals surface area contributed by atoms with Crippen molar-refractivity contribution in [3.05, 3.63) is 29.3 Å². The van der Waals surface area contributed by atoms with Crippen LogP contribution in [0.3, 0.4) is 0 Å². The first kappa shape index (κ1) is 19.4. The molecule has 25 heavy (non-hydrogen) atoms. The molecule has 0 saturated carbocycles. The molecule has 2 rings (SSSR count). The topological polar surface area (TPSA) is 52.7 Å². The molecule has 1 N–H and O–H groups in total. The third-order valence-corrected chi connectivity index (χ3v) is 5.14. The molecule has 2 amide bonds. The summed E-state index contributed by atoms with van der Waals surface area (Å²) in [6.45, 7) is 12.6. The van der Waals surface area contributed by atoms with Gasteiger partial charge in [0.2, 0.25) is 11.8 Å². The first-order chi connectivity index (χ1) is 12.0. The average molecular weight is 345 g/mol. The zero-order chi connectivity index (χ0) is 18.4. The van der Waals surface area contributed by atoms with Crippen molar-refractivity contribution in [2.45, 2.75) is 40.5 Å². The van der Waals surface area contributed by atoms with Gasteiger partial charge in [-0.3, -0.25) is 9.59 Å². The van der Waals surface area contributed by atoms with Gasteiger partial charge in [0.15, 0.2) is 0 Å². The number of anilines is 1. The molecule has 0 bridgehead atoms. The molecule has 1 aromatic carbocycles. The first-order valence-corrected chi connectivity index (χ1v) is 9.33. The van der Waals surface area contributed by atoms with Gasteiger partial charge in [-0.25, -0.2) is 0 Å². The standard InChI is InChI=1S/C20H31N3O2/c1-5-22(6-2)11-7-10-21-20(25)17-13-19(24)23(14-17)18-9-8-15(3)16(4)12-18/h8-9,12,17H,5-7,10-11,13-14H2,1-4H3,(H,21,25)/t17-/m0/s1. The van der Waals surface area contributed by atoms with Crippen LogP contribution in [-0.4, -0.2) is 49.4 Å². The molecule has 0 aromatic heterocycles. The van der Waals surface area contributed by atoms with Gasteiger partial charge in [0.05, 0.1) is 5.92 Å². The Bertz CT molecular complexity index is 611. The maximum atomic E-state index is 12.4. The summed E-state index contributed by atoms with van der Waals surface area (Å²) in [6.07, 6.45) is 1.24. The number of amides is 2. The van der Waals surface area contributed by atoms with Crippen molar-refractivity contribution in [2.75, 3.05) is 37.6 Å². The zero-order valence-corrected chi connectivity index (χ0v) is 16.0. The maximum Gasteiger partial charge on any atom is 0.227 e. The summed E-state index contributed by atoms with van der Waals surface area (Å²) in [4.78, 5) is 28.8. The minimum atomic E-state index is -0.248. The number of benzene rings is 1. The highest BCUT2D eigenvalue weighted by Gasteiger charge is 2.35. The molecule has 5 heteroatoms. The fourth-order valence-corrected chi connectivity index (χ4v) is 3.22. The smallest absolute Gasteiger partial charge is 0.227 e. The molecule has 1 atom stereocenters. The average Bonchev–Trinajstić information content (AvgIpc) is 2.99. The Balaban J connectivity index is 1.84. The predicted molar refractivity (Wildman–Crippen MR) is 102 cm³/mol. The molecular formula is C20H31N3O2. The van der Waals surface area contributed by atoms with Crippen LogP contribution in [0.1, 0.15) is 37.8 Å². The SMILES string of the molecule is CCN(CC)CCCNC(=O)[C@H]1CC(=O)N(c2ccc(C)c(C)c2)C1. The third kappa shape index (κ3) is 5.05. The Labute approximate surface area is 151 Å². The lowest BCUT2D eigenvalue weighted by Crippen LogP contribution is -2.35. The monoisotopic (exact) mass is 345 g/mol. The van der Waals surface area contributed by atoms with Crippen molar-refractivity contribution < 1.29 is 9.59 Å². The molecular weight excluding hydrogens is 314 g/mol. The van der Waals surface area contributed by atoms with Crippen LogP contribution >= 0.6 is 0 Å². The van der Waals surface area contributed by atoms with Crippen molar-refractivity contribution >= 4 is 17.5 Å². The Morgan fingerprint density at radius 1 is 1.24 bits per heavy atom. The van der Waals surface area contributed by atoms with Gasteiger partial charge in [-0.05, 0) is 63.2 Å². The van der Waals surface area contributed by atoms with Crippen LogP contribution in [0.25, 0.3) is 0 Å². The van der Waals surface area contributed by atoms with Crippen LogP contribution in [0.15, 0.2) is 18.2 Å². The summed E-state index contributed by atoms with van der Waals surface area (Å²) in [5, 5.41) is 3.00. The molecule has 138 valence electrons. The summed E-state index contributed by atoms with van der Waals surface area (Å²) in [6, 6.07) is 6.01. The molecule has 0 aliphatic carbocycles. The fourth-order valence-electron chi connectivity index (χ4n) is 3.22. The van der Waals surface area contributed by atoms with E-state index >= 15 is 0 Å². The molecule has 1 aromatic rings. The number of nitrogens with one attached hydrogen (secondary N) is 1. The first-order valence-electron chi connectivity index (χ1n) is 9.33. The van der Waals surface area contributed by atoms with Gasteiger partial charge in [-0.2, -0.15) is 0 Å². The van der Waals surface area contributed by atoms with Gasteiger partial charge in [0.25, 0.3) is 0 Å². The van der Waals surface area contributed by atoms with Crippen molar-refractivity contribution in [2.24, 2.45) is 5.92 Å². The molecule has 1 heterocycles. The van der Waals surface area contributed by atoms with Crippen molar-refractivity contribution in [1.29, 1.82) is 0 Å². The van der Waals surface area contributed by atoms with Gasteiger partial charge in [0.1, 0.15) is 0 Å². The van der Waals surface area contributed by atoms with E-state index in [1.54, 1.807) is 4.90 Å². The van der Waals surface area contributed by atoms with E-state index in [4.69, 9.17) is 0 Å². The molecule has 0 spiro atoms. The maximum absolute atomic E-state index is 12.4. The zero-order valence-electron chi connectivity index (χ0n) is 16.0. The van der Waals surface area contributed by atoms with E-state index in [1.165, 1.54) is 5.56 Å². The molecule has 1 saturated heterocycles. The van der Waals surface area contributed by atoms with E-state index in [0.717, 1.165) is 37.3 Å². The number of hydrogen-bond donors (Lipinski definition) is 1. The van der Waals surface area contributed by atoms with E-state index in [0.29, 0.717) is 19.5 Å². The van der Waals surface area contributed by atoms with Gasteiger partial charge in [0, 0.05) is 25.2 Å². The Morgan fingerprint density at radius 2 is 1.96 bits per heavy atom. The lowest BCUT2D eigenvalue weighted by molar-refractivity contribution is -0.126. The number of carbonyl (C=O) groups excluding carboxylic acids is 2. The van der Waals surface area contributed by atoms with E-state index in [9.17, 15) is 9.59 Å². The second-order valence-electron chi connectivity index (χ2n) is 6.85. The largest absolute Gasteiger partial charge is 0.356 e. The van der Waals surface area contributed by atoms with Crippen LogP contribution < -0.4 is 10.2 Å². The van der Waals surface area contributed by atoms with Gasteiger partial charge in [-0.1, -0.05) is 19.9 Å². The highest BCUT2D eigenvalue weighted by atomic mass is 16.2. The van der Waals surface area contributed by atoms with Gasteiger partial charge in [-0.15, -0.1) is 0 Å². The Hall–Kier alpha value is -1.88. The summed E-state index contributed by atoms with van der Waals surface area (Å²) in [7, 11) is 0. The lowest BCUT2D eigenvalue weighted by atomic mass is 10.1. The summed E-state index contributed by atoms with van der Waals surface area (Å²) in [5.74, 6) is -0.215. The minimum Gasteiger partial charge on any atom is -0.356 e. The van der Waals surface area contributed by atoms with Gasteiger partial charge >= 0.3 is 0 Å². The van der Waals surface area contributed by atoms with Gasteiger partial charge < -0.3 is 15.1 Å². The Morgan fingerprint density at radius 3 is 2.60 bits per heavy atom. The third-order valence-electron chi connectivity index (χ3n) is 5.14. The highest BCUT2D eigenvalue weighted by Crippen LogP contribution is 2.26. The number of nitrogens with zero attached hydrogens (tertiary/aromatic N) is 2. The Kier molecular flexibility index (Phi) is 7.00. The van der Waals surface area contributed by atoms with Crippen LogP contribution in [0.4, 0.5) is 5.69 Å².